The first-order valence-corrected chi connectivity index (χ1v) is 6.70. The second kappa shape index (κ2) is 5.77. The van der Waals surface area contributed by atoms with Crippen molar-refractivity contribution in [3.05, 3.63) is 76.5 Å². The highest BCUT2D eigenvalue weighted by Crippen LogP contribution is 2.21. The highest BCUT2D eigenvalue weighted by Gasteiger charge is 2.12. The Bertz CT molecular complexity index is 881. The van der Waals surface area contributed by atoms with Crippen molar-refractivity contribution in [1.29, 1.82) is 0 Å². The first kappa shape index (κ1) is 13.9. The predicted octanol–water partition coefficient (Wildman–Crippen LogP) is 4.03. The lowest BCUT2D eigenvalue weighted by Crippen LogP contribution is -2.13. The number of aromatic nitrogens is 2. The van der Waals surface area contributed by atoms with Gasteiger partial charge < -0.3 is 0 Å². The number of benzene rings is 2. The Morgan fingerprint density at radius 1 is 1.00 bits per heavy atom. The highest BCUT2D eigenvalue weighted by molar-refractivity contribution is 5.44. The third kappa shape index (κ3) is 2.58. The van der Waals surface area contributed by atoms with Crippen LogP contribution in [0, 0.1) is 12.7 Å². The number of halogens is 1. The Morgan fingerprint density at radius 2 is 1.68 bits per heavy atom. The quantitative estimate of drug-likeness (QED) is 0.729. The van der Waals surface area contributed by atoms with Crippen molar-refractivity contribution in [2.75, 3.05) is 0 Å². The van der Waals surface area contributed by atoms with E-state index in [4.69, 9.17) is 0 Å². The first-order chi connectivity index (χ1) is 10.7. The average molecular weight is 296 g/mol. The van der Waals surface area contributed by atoms with Crippen LogP contribution in [0.4, 0.5) is 15.8 Å². The van der Waals surface area contributed by atoms with E-state index in [2.05, 4.69) is 15.3 Å². The standard InChI is InChI=1S/C16H13FN4O/c1-11-15(19-18-14-10-6-5-9-13(14)17)16(22)21(20-11)12-7-3-2-4-8-12/h2-10,20H,1H3. The van der Waals surface area contributed by atoms with Crippen LogP contribution in [0.15, 0.2) is 69.6 Å². The molecule has 0 unspecified atom stereocenters. The van der Waals surface area contributed by atoms with Crippen molar-refractivity contribution in [3.8, 4) is 5.69 Å². The summed E-state index contributed by atoms with van der Waals surface area (Å²) in [6.45, 7) is 1.72. The number of para-hydroxylation sites is 1. The van der Waals surface area contributed by atoms with Crippen LogP contribution in [0.2, 0.25) is 0 Å². The number of rotatable bonds is 3. The van der Waals surface area contributed by atoms with E-state index < -0.39 is 5.82 Å². The number of azo groups is 1. The smallest absolute Gasteiger partial charge is 0.293 e. The van der Waals surface area contributed by atoms with Gasteiger partial charge in [0.05, 0.1) is 11.4 Å². The molecule has 0 spiro atoms. The van der Waals surface area contributed by atoms with E-state index in [9.17, 15) is 9.18 Å². The molecule has 1 N–H and O–H groups in total. The van der Waals surface area contributed by atoms with Gasteiger partial charge in [-0.15, -0.1) is 10.2 Å². The van der Waals surface area contributed by atoms with E-state index in [0.717, 1.165) is 0 Å². The number of H-pyrrole nitrogens is 1. The Labute approximate surface area is 125 Å². The topological polar surface area (TPSA) is 62.5 Å². The maximum absolute atomic E-state index is 13.5. The van der Waals surface area contributed by atoms with Crippen LogP contribution in [0.25, 0.3) is 5.69 Å². The van der Waals surface area contributed by atoms with Crippen LogP contribution >= 0.6 is 0 Å². The van der Waals surface area contributed by atoms with Crippen molar-refractivity contribution >= 4 is 11.4 Å². The van der Waals surface area contributed by atoms with Gasteiger partial charge in [-0.05, 0) is 31.2 Å². The lowest BCUT2D eigenvalue weighted by Gasteiger charge is -1.99. The van der Waals surface area contributed by atoms with Gasteiger partial charge in [0.15, 0.2) is 11.5 Å². The molecule has 1 aromatic heterocycles. The lowest BCUT2D eigenvalue weighted by molar-refractivity contribution is 0.628. The van der Waals surface area contributed by atoms with Crippen LogP contribution in [-0.4, -0.2) is 9.78 Å². The molecular formula is C16H13FN4O. The molecular weight excluding hydrogens is 283 g/mol. The molecule has 0 atom stereocenters. The molecule has 0 saturated carbocycles. The Balaban J connectivity index is 2.01. The summed E-state index contributed by atoms with van der Waals surface area (Å²) >= 11 is 0. The Hall–Kier alpha value is -3.02. The molecule has 0 bridgehead atoms. The third-order valence-corrected chi connectivity index (χ3v) is 3.16. The van der Waals surface area contributed by atoms with Gasteiger partial charge in [0.1, 0.15) is 5.69 Å². The molecule has 0 fully saturated rings. The summed E-state index contributed by atoms with van der Waals surface area (Å²) in [5.41, 5.74) is 1.18. The fraction of sp³-hybridized carbons (Fsp3) is 0.0625. The van der Waals surface area contributed by atoms with E-state index in [1.165, 1.54) is 16.8 Å². The van der Waals surface area contributed by atoms with Gasteiger partial charge in [-0.25, -0.2) is 9.07 Å². The van der Waals surface area contributed by atoms with E-state index in [-0.39, 0.29) is 16.9 Å². The molecule has 0 saturated heterocycles. The molecule has 6 heteroatoms. The van der Waals surface area contributed by atoms with E-state index in [1.54, 1.807) is 31.2 Å². The Kier molecular flexibility index (Phi) is 3.65. The molecule has 3 aromatic rings. The molecule has 2 aromatic carbocycles. The predicted molar refractivity (Wildman–Crippen MR) is 81.7 cm³/mol. The normalized spacial score (nSPS) is 11.2. The summed E-state index contributed by atoms with van der Waals surface area (Å²) in [7, 11) is 0. The van der Waals surface area contributed by atoms with Gasteiger partial charge in [0.2, 0.25) is 0 Å². The minimum absolute atomic E-state index is 0.0914. The fourth-order valence-electron chi connectivity index (χ4n) is 2.05. The summed E-state index contributed by atoms with van der Waals surface area (Å²) in [5, 5.41) is 10.7. The highest BCUT2D eigenvalue weighted by atomic mass is 19.1. The number of nitrogens with zero attached hydrogens (tertiary/aromatic N) is 3. The van der Waals surface area contributed by atoms with Gasteiger partial charge in [0, 0.05) is 0 Å². The molecule has 0 aliphatic heterocycles. The van der Waals surface area contributed by atoms with Gasteiger partial charge in [0.25, 0.3) is 5.56 Å². The average Bonchev–Trinajstić information content (AvgIpc) is 2.82. The zero-order chi connectivity index (χ0) is 15.5. The van der Waals surface area contributed by atoms with Crippen molar-refractivity contribution in [2.24, 2.45) is 10.2 Å². The molecule has 0 radical (unpaired) electrons. The van der Waals surface area contributed by atoms with Crippen molar-refractivity contribution < 1.29 is 4.39 Å². The molecule has 5 nitrogen and oxygen atoms in total. The number of hydrogen-bond donors (Lipinski definition) is 1. The Morgan fingerprint density at radius 3 is 2.41 bits per heavy atom. The van der Waals surface area contributed by atoms with Crippen molar-refractivity contribution in [3.63, 3.8) is 0 Å². The van der Waals surface area contributed by atoms with Gasteiger partial charge in [-0.3, -0.25) is 9.89 Å². The molecule has 3 rings (SSSR count). The summed E-state index contributed by atoms with van der Waals surface area (Å²) in [6, 6.07) is 15.1. The maximum atomic E-state index is 13.5. The molecule has 110 valence electrons. The molecule has 0 amide bonds. The van der Waals surface area contributed by atoms with Gasteiger partial charge in [-0.1, -0.05) is 30.3 Å². The van der Waals surface area contributed by atoms with Gasteiger partial charge in [-0.2, -0.15) is 0 Å². The zero-order valence-corrected chi connectivity index (χ0v) is 11.8. The summed E-state index contributed by atoms with van der Waals surface area (Å²) in [4.78, 5) is 12.4. The summed E-state index contributed by atoms with van der Waals surface area (Å²) < 4.78 is 14.9. The number of nitrogens with one attached hydrogen (secondary N) is 1. The minimum atomic E-state index is -0.483. The molecule has 0 aliphatic carbocycles. The largest absolute Gasteiger partial charge is 0.299 e. The van der Waals surface area contributed by atoms with E-state index >= 15 is 0 Å². The maximum Gasteiger partial charge on any atom is 0.299 e. The minimum Gasteiger partial charge on any atom is -0.293 e. The van der Waals surface area contributed by atoms with E-state index in [0.29, 0.717) is 11.4 Å². The van der Waals surface area contributed by atoms with Crippen LogP contribution in [0.1, 0.15) is 5.69 Å². The van der Waals surface area contributed by atoms with Crippen molar-refractivity contribution in [2.45, 2.75) is 6.92 Å². The third-order valence-electron chi connectivity index (χ3n) is 3.16. The first-order valence-electron chi connectivity index (χ1n) is 6.70. The van der Waals surface area contributed by atoms with Crippen LogP contribution in [0.5, 0.6) is 0 Å². The van der Waals surface area contributed by atoms with Gasteiger partial charge >= 0.3 is 0 Å². The van der Waals surface area contributed by atoms with E-state index in [1.807, 2.05) is 18.2 Å². The SMILES string of the molecule is Cc1[nH]n(-c2ccccc2)c(=O)c1N=Nc1ccccc1F. The number of hydrogen-bond acceptors (Lipinski definition) is 3. The van der Waals surface area contributed by atoms with Crippen LogP contribution in [0.3, 0.4) is 0 Å². The number of aromatic amines is 1. The second-order valence-corrected chi connectivity index (χ2v) is 4.71. The lowest BCUT2D eigenvalue weighted by atomic mass is 10.3. The van der Waals surface area contributed by atoms with Crippen LogP contribution in [-0.2, 0) is 0 Å². The molecule has 0 aliphatic rings. The number of aryl methyl sites for hydroxylation is 1. The van der Waals surface area contributed by atoms with Crippen LogP contribution < -0.4 is 5.56 Å². The fourth-order valence-corrected chi connectivity index (χ4v) is 2.05. The summed E-state index contributed by atoms with van der Waals surface area (Å²) in [6.07, 6.45) is 0. The van der Waals surface area contributed by atoms with Crippen molar-refractivity contribution in [1.82, 2.24) is 9.78 Å². The monoisotopic (exact) mass is 296 g/mol. The second-order valence-electron chi connectivity index (χ2n) is 4.71. The summed E-state index contributed by atoms with van der Waals surface area (Å²) in [5.74, 6) is -0.483. The zero-order valence-electron chi connectivity index (χ0n) is 11.8. The molecule has 1 heterocycles. The molecule has 22 heavy (non-hydrogen) atoms.